The van der Waals surface area contributed by atoms with Crippen LogP contribution in [0.15, 0.2) is 48.8 Å². The van der Waals surface area contributed by atoms with Crippen LogP contribution in [0, 0.1) is 25.2 Å². The summed E-state index contributed by atoms with van der Waals surface area (Å²) in [6.45, 7) is 3.71. The Morgan fingerprint density at radius 1 is 1.28 bits per heavy atom. The van der Waals surface area contributed by atoms with E-state index in [9.17, 15) is 10.1 Å². The van der Waals surface area contributed by atoms with Crippen molar-refractivity contribution >= 4 is 23.1 Å². The summed E-state index contributed by atoms with van der Waals surface area (Å²) in [5.74, 6) is -0.197. The van der Waals surface area contributed by atoms with E-state index in [4.69, 9.17) is 16.3 Å². The lowest BCUT2D eigenvalue weighted by Crippen LogP contribution is -2.11. The highest BCUT2D eigenvalue weighted by molar-refractivity contribution is 6.33. The highest BCUT2D eigenvalue weighted by Crippen LogP contribution is 2.21. The number of fused-ring (bicyclic) bond motifs is 1. The van der Waals surface area contributed by atoms with Crippen molar-refractivity contribution in [1.29, 1.82) is 5.26 Å². The van der Waals surface area contributed by atoms with E-state index in [1.807, 2.05) is 48.7 Å². The Bertz CT molecular complexity index is 1280. The molecule has 0 aromatic carbocycles. The summed E-state index contributed by atoms with van der Waals surface area (Å²) in [5, 5.41) is 14.0. The van der Waals surface area contributed by atoms with Crippen LogP contribution in [-0.4, -0.2) is 25.1 Å². The molecule has 0 amide bonds. The smallest absolute Gasteiger partial charge is 0.358 e. The van der Waals surface area contributed by atoms with Crippen LogP contribution >= 0.6 is 11.6 Å². The van der Waals surface area contributed by atoms with Gasteiger partial charge in [0.05, 0.1) is 21.8 Å². The van der Waals surface area contributed by atoms with Gasteiger partial charge >= 0.3 is 5.97 Å². The van der Waals surface area contributed by atoms with E-state index >= 15 is 0 Å². The van der Waals surface area contributed by atoms with Crippen molar-refractivity contribution in [3.63, 3.8) is 0 Å². The molecule has 0 aliphatic rings. The minimum Gasteiger partial charge on any atom is -0.456 e. The van der Waals surface area contributed by atoms with Crippen LogP contribution in [-0.2, 0) is 11.3 Å². The van der Waals surface area contributed by atoms with Crippen molar-refractivity contribution in [3.8, 4) is 11.9 Å². The van der Waals surface area contributed by atoms with Gasteiger partial charge in [0.15, 0.2) is 11.5 Å². The molecular formula is C21H16ClN5O2. The Morgan fingerprint density at radius 2 is 2.10 bits per heavy atom. The van der Waals surface area contributed by atoms with Gasteiger partial charge in [-0.1, -0.05) is 17.7 Å². The highest BCUT2D eigenvalue weighted by atomic mass is 35.5. The number of nitriles is 1. The molecule has 7 nitrogen and oxygen atoms in total. The molecule has 0 N–H and O–H groups in total. The fourth-order valence-electron chi connectivity index (χ4n) is 3.18. The average molecular weight is 406 g/mol. The molecule has 0 fully saturated rings. The summed E-state index contributed by atoms with van der Waals surface area (Å²) in [6.07, 6.45) is 3.60. The Hall–Kier alpha value is -3.63. The first kappa shape index (κ1) is 18.7. The van der Waals surface area contributed by atoms with E-state index in [1.165, 1.54) is 0 Å². The van der Waals surface area contributed by atoms with Gasteiger partial charge in [-0.25, -0.2) is 14.5 Å². The number of nitrogens with zero attached hydrogens (tertiary/aromatic N) is 5. The lowest BCUT2D eigenvalue weighted by Gasteiger charge is -2.08. The molecule has 4 aromatic heterocycles. The maximum Gasteiger partial charge on any atom is 0.358 e. The molecule has 0 saturated carbocycles. The van der Waals surface area contributed by atoms with E-state index in [0.29, 0.717) is 16.9 Å². The van der Waals surface area contributed by atoms with Crippen molar-refractivity contribution in [2.45, 2.75) is 20.5 Å². The number of hydrogen-bond donors (Lipinski definition) is 0. The molecule has 29 heavy (non-hydrogen) atoms. The van der Waals surface area contributed by atoms with Gasteiger partial charge in [0.2, 0.25) is 0 Å². The molecule has 4 heterocycles. The predicted molar refractivity (Wildman–Crippen MR) is 107 cm³/mol. The molecular weight excluding hydrogens is 390 g/mol. The number of carbonyl (C=O) groups excluding carboxylic acids is 1. The minimum absolute atomic E-state index is 0.000934. The number of rotatable bonds is 4. The molecule has 0 unspecified atom stereocenters. The van der Waals surface area contributed by atoms with Gasteiger partial charge in [-0.15, -0.1) is 0 Å². The first-order valence-electron chi connectivity index (χ1n) is 8.84. The molecule has 144 valence electrons. The van der Waals surface area contributed by atoms with Crippen LogP contribution in [0.2, 0.25) is 5.02 Å². The lowest BCUT2D eigenvalue weighted by molar-refractivity contribution is 0.0465. The SMILES string of the molecule is Cc1cc(C)n(-c2ccc(Cl)c(C(=O)OCc3cn4ccccc4c3C#N)n2)n1. The first-order chi connectivity index (χ1) is 14.0. The second kappa shape index (κ2) is 7.41. The van der Waals surface area contributed by atoms with Crippen molar-refractivity contribution in [3.05, 3.63) is 82.0 Å². The van der Waals surface area contributed by atoms with Crippen LogP contribution in [0.1, 0.15) is 33.0 Å². The summed E-state index contributed by atoms with van der Waals surface area (Å²) in [6, 6.07) is 12.9. The fraction of sp³-hybridized carbons (Fsp3) is 0.143. The Kier molecular flexibility index (Phi) is 4.79. The van der Waals surface area contributed by atoms with E-state index in [-0.39, 0.29) is 17.3 Å². The third-order valence-electron chi connectivity index (χ3n) is 4.48. The number of aromatic nitrogens is 4. The van der Waals surface area contributed by atoms with E-state index in [0.717, 1.165) is 16.9 Å². The third-order valence-corrected chi connectivity index (χ3v) is 4.79. The van der Waals surface area contributed by atoms with Gasteiger partial charge in [0.1, 0.15) is 12.7 Å². The van der Waals surface area contributed by atoms with Crippen molar-refractivity contribution in [2.24, 2.45) is 0 Å². The van der Waals surface area contributed by atoms with Crippen LogP contribution in [0.3, 0.4) is 0 Å². The average Bonchev–Trinajstić information content (AvgIpc) is 3.24. The zero-order chi connectivity index (χ0) is 20.5. The molecule has 0 saturated heterocycles. The summed E-state index contributed by atoms with van der Waals surface area (Å²) in [4.78, 5) is 17.0. The van der Waals surface area contributed by atoms with Crippen LogP contribution in [0.4, 0.5) is 0 Å². The van der Waals surface area contributed by atoms with Gasteiger partial charge in [0, 0.05) is 23.7 Å². The second-order valence-electron chi connectivity index (χ2n) is 6.55. The van der Waals surface area contributed by atoms with E-state index < -0.39 is 5.97 Å². The summed E-state index contributed by atoms with van der Waals surface area (Å²) >= 11 is 6.18. The number of halogens is 1. The van der Waals surface area contributed by atoms with Gasteiger partial charge < -0.3 is 9.14 Å². The van der Waals surface area contributed by atoms with Gasteiger partial charge in [-0.3, -0.25) is 0 Å². The largest absolute Gasteiger partial charge is 0.456 e. The highest BCUT2D eigenvalue weighted by Gasteiger charge is 2.18. The maximum absolute atomic E-state index is 12.6. The van der Waals surface area contributed by atoms with Gasteiger partial charge in [-0.2, -0.15) is 10.4 Å². The molecule has 4 aromatic rings. The molecule has 4 rings (SSSR count). The van der Waals surface area contributed by atoms with E-state index in [1.54, 1.807) is 23.0 Å². The number of carbonyl (C=O) groups is 1. The van der Waals surface area contributed by atoms with Crippen LogP contribution in [0.25, 0.3) is 11.3 Å². The quantitative estimate of drug-likeness (QED) is 0.479. The minimum atomic E-state index is -0.669. The summed E-state index contributed by atoms with van der Waals surface area (Å²) in [7, 11) is 0. The molecule has 0 aliphatic carbocycles. The standard InChI is InChI=1S/C21H16ClN5O2/c1-13-9-14(2)27(25-13)19-7-6-17(22)20(24-19)21(28)29-12-15-11-26-8-4-3-5-18(26)16(15)10-23/h3-9,11H,12H2,1-2H3. The first-order valence-corrected chi connectivity index (χ1v) is 9.21. The summed E-state index contributed by atoms with van der Waals surface area (Å²) in [5.41, 5.74) is 3.55. The van der Waals surface area contributed by atoms with Crippen molar-refractivity contribution < 1.29 is 9.53 Å². The summed E-state index contributed by atoms with van der Waals surface area (Å²) < 4.78 is 8.86. The predicted octanol–water partition coefficient (Wildman–Crippen LogP) is 4.02. The Morgan fingerprint density at radius 3 is 2.83 bits per heavy atom. The molecule has 0 radical (unpaired) electrons. The molecule has 0 spiro atoms. The number of esters is 1. The zero-order valence-electron chi connectivity index (χ0n) is 15.8. The number of hydrogen-bond acceptors (Lipinski definition) is 5. The molecule has 0 atom stereocenters. The fourth-order valence-corrected chi connectivity index (χ4v) is 3.36. The Balaban J connectivity index is 1.60. The maximum atomic E-state index is 12.6. The van der Waals surface area contributed by atoms with Gasteiger partial charge in [0.25, 0.3) is 0 Å². The molecule has 0 bridgehead atoms. The lowest BCUT2D eigenvalue weighted by atomic mass is 10.2. The Labute approximate surface area is 171 Å². The number of aryl methyl sites for hydroxylation is 2. The molecule has 0 aliphatic heterocycles. The number of ether oxygens (including phenoxy) is 1. The van der Waals surface area contributed by atoms with Crippen LogP contribution < -0.4 is 0 Å². The number of pyridine rings is 2. The third kappa shape index (κ3) is 3.46. The van der Waals surface area contributed by atoms with Crippen LogP contribution in [0.5, 0.6) is 0 Å². The normalized spacial score (nSPS) is 10.8. The molecule has 8 heteroatoms. The van der Waals surface area contributed by atoms with E-state index in [2.05, 4.69) is 16.2 Å². The van der Waals surface area contributed by atoms with Gasteiger partial charge in [-0.05, 0) is 44.2 Å². The second-order valence-corrected chi connectivity index (χ2v) is 6.96. The topological polar surface area (TPSA) is 85.2 Å². The zero-order valence-corrected chi connectivity index (χ0v) is 16.5. The van der Waals surface area contributed by atoms with Crippen molar-refractivity contribution in [1.82, 2.24) is 19.2 Å². The monoisotopic (exact) mass is 405 g/mol. The van der Waals surface area contributed by atoms with Crippen molar-refractivity contribution in [2.75, 3.05) is 0 Å².